The third kappa shape index (κ3) is 2.72. The lowest BCUT2D eigenvalue weighted by molar-refractivity contribution is -0.117. The number of aliphatic imine (C=N–C) groups is 1. The van der Waals surface area contributed by atoms with E-state index in [1.165, 1.54) is 19.3 Å². The van der Waals surface area contributed by atoms with Gasteiger partial charge in [-0.15, -0.1) is 0 Å². The number of amides is 1. The number of carbonyl (C=O) groups is 1. The van der Waals surface area contributed by atoms with Crippen LogP contribution >= 0.6 is 0 Å². The van der Waals surface area contributed by atoms with E-state index in [1.54, 1.807) is 12.4 Å². The van der Waals surface area contributed by atoms with Crippen LogP contribution < -0.4 is 10.6 Å². The number of nitrogens with one attached hydrogen (secondary N) is 2. The highest BCUT2D eigenvalue weighted by Gasteiger charge is 2.18. The molecule has 1 aliphatic heterocycles. The molecule has 0 spiro atoms. The van der Waals surface area contributed by atoms with E-state index in [-0.39, 0.29) is 5.91 Å². The second kappa shape index (κ2) is 4.96. The van der Waals surface area contributed by atoms with Gasteiger partial charge in [-0.1, -0.05) is 25.8 Å². The lowest BCUT2D eigenvalue weighted by Crippen LogP contribution is -2.38. The molecular weight excluding hydrogens is 202 g/mol. The smallest absolute Gasteiger partial charge is 0.254 e. The lowest BCUT2D eigenvalue weighted by Gasteiger charge is -2.23. The minimum atomic E-state index is -0.0457. The Bertz CT molecular complexity index is 351. The summed E-state index contributed by atoms with van der Waals surface area (Å²) < 4.78 is 0. The predicted octanol–water partition coefficient (Wildman–Crippen LogP) is 1.46. The van der Waals surface area contributed by atoms with Crippen LogP contribution in [0.3, 0.4) is 0 Å². The van der Waals surface area contributed by atoms with Crippen molar-refractivity contribution in [2.24, 2.45) is 4.99 Å². The van der Waals surface area contributed by atoms with Crippen molar-refractivity contribution >= 4 is 12.1 Å². The molecule has 0 saturated heterocycles. The molecule has 0 unspecified atom stereocenters. The van der Waals surface area contributed by atoms with Crippen molar-refractivity contribution in [1.82, 2.24) is 10.6 Å². The van der Waals surface area contributed by atoms with E-state index >= 15 is 0 Å². The van der Waals surface area contributed by atoms with Gasteiger partial charge in [0.1, 0.15) is 5.82 Å². The maximum Gasteiger partial charge on any atom is 0.254 e. The fraction of sp³-hybridized carbons (Fsp3) is 0.500. The maximum absolute atomic E-state index is 11.8. The van der Waals surface area contributed by atoms with E-state index in [0.29, 0.717) is 17.4 Å². The summed E-state index contributed by atoms with van der Waals surface area (Å²) in [6, 6.07) is 0.334. The Kier molecular flexibility index (Phi) is 3.39. The van der Waals surface area contributed by atoms with Crippen LogP contribution in [0.2, 0.25) is 0 Å². The summed E-state index contributed by atoms with van der Waals surface area (Å²) in [6.45, 7) is 3.64. The van der Waals surface area contributed by atoms with Crippen LogP contribution in [0.5, 0.6) is 0 Å². The Hall–Kier alpha value is -1.58. The second-order valence-electron chi connectivity index (χ2n) is 4.26. The summed E-state index contributed by atoms with van der Waals surface area (Å²) in [5.74, 6) is 0.518. The molecule has 2 N–H and O–H groups in total. The van der Waals surface area contributed by atoms with Crippen molar-refractivity contribution in [3.8, 4) is 0 Å². The molecule has 1 saturated carbocycles. The molecule has 2 aliphatic rings. The van der Waals surface area contributed by atoms with Gasteiger partial charge in [-0.05, 0) is 12.8 Å². The minimum absolute atomic E-state index is 0.0457. The maximum atomic E-state index is 11.8. The molecule has 1 amide bonds. The van der Waals surface area contributed by atoms with E-state index in [2.05, 4.69) is 22.2 Å². The zero-order valence-corrected chi connectivity index (χ0v) is 9.33. The van der Waals surface area contributed by atoms with Crippen molar-refractivity contribution in [3.05, 3.63) is 24.2 Å². The van der Waals surface area contributed by atoms with Gasteiger partial charge in [-0.25, -0.2) is 4.99 Å². The van der Waals surface area contributed by atoms with E-state index < -0.39 is 0 Å². The SMILES string of the molecule is C=C1N=CC(C(=O)NC2CCCCC2)=CN1. The molecule has 4 heteroatoms. The predicted molar refractivity (Wildman–Crippen MR) is 63.9 cm³/mol. The molecule has 16 heavy (non-hydrogen) atoms. The number of carbonyl (C=O) groups excluding carboxylic acids is 1. The van der Waals surface area contributed by atoms with Crippen LogP contribution in [0.4, 0.5) is 0 Å². The number of nitrogens with zero attached hydrogens (tertiary/aromatic N) is 1. The summed E-state index contributed by atoms with van der Waals surface area (Å²) in [4.78, 5) is 15.8. The zero-order chi connectivity index (χ0) is 11.4. The zero-order valence-electron chi connectivity index (χ0n) is 9.33. The van der Waals surface area contributed by atoms with Crippen molar-refractivity contribution in [3.63, 3.8) is 0 Å². The number of rotatable bonds is 2. The summed E-state index contributed by atoms with van der Waals surface area (Å²) in [7, 11) is 0. The first kappa shape index (κ1) is 10.9. The summed E-state index contributed by atoms with van der Waals surface area (Å²) in [6.07, 6.45) is 9.11. The van der Waals surface area contributed by atoms with Crippen LogP contribution in [-0.2, 0) is 4.79 Å². The van der Waals surface area contributed by atoms with Gasteiger partial charge in [0.05, 0.1) is 5.57 Å². The lowest BCUT2D eigenvalue weighted by atomic mass is 9.95. The highest BCUT2D eigenvalue weighted by molar-refractivity contribution is 6.12. The molecule has 1 fully saturated rings. The number of hydrogen-bond acceptors (Lipinski definition) is 3. The van der Waals surface area contributed by atoms with E-state index in [0.717, 1.165) is 12.8 Å². The standard InChI is InChI=1S/C12H17N3O/c1-9-13-7-10(8-14-9)12(16)15-11-5-3-2-4-6-11/h7-8,11,13H,1-6H2,(H,15,16). The summed E-state index contributed by atoms with van der Waals surface area (Å²) in [5, 5.41) is 5.87. The first-order chi connectivity index (χ1) is 7.75. The molecule has 0 radical (unpaired) electrons. The van der Waals surface area contributed by atoms with Gasteiger partial charge in [0.2, 0.25) is 0 Å². The van der Waals surface area contributed by atoms with Crippen molar-refractivity contribution in [2.75, 3.05) is 0 Å². The molecule has 0 aromatic heterocycles. The highest BCUT2D eigenvalue weighted by atomic mass is 16.1. The fourth-order valence-electron chi connectivity index (χ4n) is 2.02. The summed E-state index contributed by atoms with van der Waals surface area (Å²) in [5.41, 5.74) is 0.568. The monoisotopic (exact) mass is 219 g/mol. The van der Waals surface area contributed by atoms with Gasteiger partial charge in [0, 0.05) is 18.5 Å². The van der Waals surface area contributed by atoms with Crippen LogP contribution in [-0.4, -0.2) is 18.2 Å². The molecular formula is C12H17N3O. The molecule has 0 aromatic carbocycles. The molecule has 1 aliphatic carbocycles. The Morgan fingerprint density at radius 3 is 2.81 bits per heavy atom. The van der Waals surface area contributed by atoms with E-state index in [1.807, 2.05) is 0 Å². The normalized spacial score (nSPS) is 21.2. The van der Waals surface area contributed by atoms with Gasteiger partial charge in [0.15, 0.2) is 0 Å². The third-order valence-corrected chi connectivity index (χ3v) is 2.96. The molecule has 0 aromatic rings. The Balaban J connectivity index is 1.88. The van der Waals surface area contributed by atoms with Gasteiger partial charge in [0.25, 0.3) is 5.91 Å². The van der Waals surface area contributed by atoms with Gasteiger partial charge < -0.3 is 10.6 Å². The second-order valence-corrected chi connectivity index (χ2v) is 4.26. The Morgan fingerprint density at radius 2 is 2.19 bits per heavy atom. The van der Waals surface area contributed by atoms with E-state index in [4.69, 9.17) is 0 Å². The molecule has 2 rings (SSSR count). The largest absolute Gasteiger partial charge is 0.349 e. The van der Waals surface area contributed by atoms with Gasteiger partial charge in [-0.3, -0.25) is 4.79 Å². The topological polar surface area (TPSA) is 53.5 Å². The molecule has 0 atom stereocenters. The first-order valence-electron chi connectivity index (χ1n) is 5.76. The van der Waals surface area contributed by atoms with Crippen molar-refractivity contribution < 1.29 is 4.79 Å². The van der Waals surface area contributed by atoms with E-state index in [9.17, 15) is 4.79 Å². The quantitative estimate of drug-likeness (QED) is 0.739. The highest BCUT2D eigenvalue weighted by Crippen LogP contribution is 2.17. The fourth-order valence-corrected chi connectivity index (χ4v) is 2.02. The van der Waals surface area contributed by atoms with Crippen molar-refractivity contribution in [2.45, 2.75) is 38.1 Å². The average Bonchev–Trinajstić information content (AvgIpc) is 2.31. The average molecular weight is 219 g/mol. The molecule has 86 valence electrons. The summed E-state index contributed by atoms with van der Waals surface area (Å²) >= 11 is 0. The Labute approximate surface area is 95.5 Å². The Morgan fingerprint density at radius 1 is 1.44 bits per heavy atom. The molecule has 0 bridgehead atoms. The third-order valence-electron chi connectivity index (χ3n) is 2.96. The molecule has 1 heterocycles. The van der Waals surface area contributed by atoms with Crippen molar-refractivity contribution in [1.29, 1.82) is 0 Å². The number of hydrogen-bond donors (Lipinski definition) is 2. The van der Waals surface area contributed by atoms with Gasteiger partial charge in [-0.2, -0.15) is 0 Å². The molecule has 4 nitrogen and oxygen atoms in total. The van der Waals surface area contributed by atoms with Crippen LogP contribution in [0.15, 0.2) is 29.2 Å². The van der Waals surface area contributed by atoms with Crippen LogP contribution in [0, 0.1) is 0 Å². The van der Waals surface area contributed by atoms with Gasteiger partial charge >= 0.3 is 0 Å². The first-order valence-corrected chi connectivity index (χ1v) is 5.76. The van der Waals surface area contributed by atoms with Crippen LogP contribution in [0.25, 0.3) is 0 Å². The minimum Gasteiger partial charge on any atom is -0.349 e. The van der Waals surface area contributed by atoms with Crippen LogP contribution in [0.1, 0.15) is 32.1 Å².